The summed E-state index contributed by atoms with van der Waals surface area (Å²) in [7, 11) is 0. The zero-order valence-corrected chi connectivity index (χ0v) is 23.9. The molecule has 1 heteroatoms. The summed E-state index contributed by atoms with van der Waals surface area (Å²) >= 11 is 0. The van der Waals surface area contributed by atoms with Crippen molar-refractivity contribution in [3.05, 3.63) is 63.3 Å². The van der Waals surface area contributed by atoms with Gasteiger partial charge in [0, 0.05) is 17.4 Å². The minimum absolute atomic E-state index is 0.209. The third-order valence-corrected chi connectivity index (χ3v) is 8.18. The lowest BCUT2D eigenvalue weighted by molar-refractivity contribution is -0.114. The van der Waals surface area contributed by atoms with Crippen LogP contribution in [0.4, 0.5) is 0 Å². The Morgan fingerprint density at radius 1 is 0.706 bits per heavy atom. The molecule has 0 saturated carbocycles. The van der Waals surface area contributed by atoms with E-state index in [9.17, 15) is 4.79 Å². The fourth-order valence-corrected chi connectivity index (χ4v) is 5.90. The number of hydrogen-bond donors (Lipinski definition) is 0. The highest BCUT2D eigenvalue weighted by Crippen LogP contribution is 2.58. The molecular formula is C33H48O. The van der Waals surface area contributed by atoms with Crippen LogP contribution < -0.4 is 0 Å². The van der Waals surface area contributed by atoms with Crippen molar-refractivity contribution in [3.63, 3.8) is 0 Å². The SMILES string of the molecule is CC(C)C1=CC2(C(C)C)CC(=O)C(c3c(C(C)C)cc(C(C)C)cc3C(C)C)=C2C(C(C)C)=C1. The maximum atomic E-state index is 14.1. The molecule has 1 aromatic carbocycles. The Hall–Kier alpha value is -1.89. The van der Waals surface area contributed by atoms with E-state index in [-0.39, 0.29) is 5.41 Å². The van der Waals surface area contributed by atoms with Crippen molar-refractivity contribution in [2.45, 2.75) is 107 Å². The van der Waals surface area contributed by atoms with Crippen LogP contribution in [-0.4, -0.2) is 5.78 Å². The van der Waals surface area contributed by atoms with Crippen molar-refractivity contribution in [1.29, 1.82) is 0 Å². The molecule has 1 nitrogen and oxygen atoms in total. The van der Waals surface area contributed by atoms with Crippen molar-refractivity contribution in [3.8, 4) is 0 Å². The van der Waals surface area contributed by atoms with Gasteiger partial charge in [-0.3, -0.25) is 4.79 Å². The molecule has 3 rings (SSSR count). The van der Waals surface area contributed by atoms with Crippen LogP contribution in [0.5, 0.6) is 0 Å². The second-order valence-corrected chi connectivity index (χ2v) is 12.6. The predicted molar refractivity (Wildman–Crippen MR) is 148 cm³/mol. The van der Waals surface area contributed by atoms with E-state index in [1.807, 2.05) is 0 Å². The molecule has 2 aliphatic rings. The van der Waals surface area contributed by atoms with E-state index >= 15 is 0 Å². The van der Waals surface area contributed by atoms with E-state index in [4.69, 9.17) is 0 Å². The highest BCUT2D eigenvalue weighted by atomic mass is 16.1. The standard InChI is InChI=1S/C33H48O/c1-18(2)24-13-26(20(5)6)30(27(14-24)21(7)8)31-29(34)17-33(23(11)12)16-25(19(3)4)15-28(22(9)10)32(31)33/h13-16,18-23H,17H2,1-12H3. The number of benzene rings is 1. The van der Waals surface area contributed by atoms with Crippen LogP contribution in [0, 0.1) is 23.2 Å². The Morgan fingerprint density at radius 3 is 1.62 bits per heavy atom. The van der Waals surface area contributed by atoms with Gasteiger partial charge in [0.25, 0.3) is 0 Å². The summed E-state index contributed by atoms with van der Waals surface area (Å²) in [6.45, 7) is 27.4. The first-order valence-corrected chi connectivity index (χ1v) is 13.6. The third kappa shape index (κ3) is 4.40. The van der Waals surface area contributed by atoms with Crippen molar-refractivity contribution in [2.24, 2.45) is 23.2 Å². The number of carbonyl (C=O) groups excluding carboxylic acids is 1. The molecule has 0 fully saturated rings. The summed E-state index contributed by atoms with van der Waals surface area (Å²) in [6, 6.07) is 4.79. The average molecular weight is 461 g/mol. The summed E-state index contributed by atoms with van der Waals surface area (Å²) in [5.74, 6) is 2.70. The lowest BCUT2D eigenvalue weighted by atomic mass is 9.63. The predicted octanol–water partition coefficient (Wildman–Crippen LogP) is 9.60. The first kappa shape index (κ1) is 26.7. The first-order chi connectivity index (χ1) is 15.7. The van der Waals surface area contributed by atoms with Gasteiger partial charge >= 0.3 is 0 Å². The number of fused-ring (bicyclic) bond motifs is 1. The van der Waals surface area contributed by atoms with Gasteiger partial charge in [0.15, 0.2) is 5.78 Å². The van der Waals surface area contributed by atoms with Crippen molar-refractivity contribution in [2.75, 3.05) is 0 Å². The largest absolute Gasteiger partial charge is 0.294 e. The molecule has 1 aromatic rings. The summed E-state index contributed by atoms with van der Waals surface area (Å²) in [5, 5.41) is 0. The second kappa shape index (κ2) is 9.63. The minimum atomic E-state index is -0.209. The Bertz CT molecular complexity index is 1020. The molecule has 34 heavy (non-hydrogen) atoms. The maximum Gasteiger partial charge on any atom is 0.165 e. The molecule has 0 aliphatic heterocycles. The molecule has 186 valence electrons. The van der Waals surface area contributed by atoms with Crippen LogP contribution in [0.3, 0.4) is 0 Å². The number of Topliss-reactive ketones (excluding diaryl/α,β-unsaturated/α-hetero) is 1. The molecular weight excluding hydrogens is 412 g/mol. The van der Waals surface area contributed by atoms with Gasteiger partial charge in [-0.05, 0) is 74.5 Å². The van der Waals surface area contributed by atoms with Gasteiger partial charge in [0.2, 0.25) is 0 Å². The van der Waals surface area contributed by atoms with Crippen LogP contribution in [-0.2, 0) is 4.79 Å². The summed E-state index contributed by atoms with van der Waals surface area (Å²) in [4.78, 5) is 14.1. The summed E-state index contributed by atoms with van der Waals surface area (Å²) < 4.78 is 0. The van der Waals surface area contributed by atoms with Crippen molar-refractivity contribution >= 4 is 11.4 Å². The van der Waals surface area contributed by atoms with Crippen LogP contribution in [0.2, 0.25) is 0 Å². The van der Waals surface area contributed by atoms with Gasteiger partial charge in [-0.15, -0.1) is 0 Å². The van der Waals surface area contributed by atoms with Gasteiger partial charge in [-0.1, -0.05) is 107 Å². The lowest BCUT2D eigenvalue weighted by Crippen LogP contribution is -2.30. The van der Waals surface area contributed by atoms with Gasteiger partial charge in [0.1, 0.15) is 0 Å². The van der Waals surface area contributed by atoms with Crippen molar-refractivity contribution < 1.29 is 4.79 Å². The van der Waals surface area contributed by atoms with E-state index in [2.05, 4.69) is 107 Å². The number of carbonyl (C=O) groups is 1. The van der Waals surface area contributed by atoms with Gasteiger partial charge in [-0.25, -0.2) is 0 Å². The normalized spacial score (nSPS) is 21.1. The smallest absolute Gasteiger partial charge is 0.165 e. The first-order valence-electron chi connectivity index (χ1n) is 13.6. The molecule has 0 heterocycles. The highest BCUT2D eigenvalue weighted by molar-refractivity contribution is 6.26. The van der Waals surface area contributed by atoms with Crippen LogP contribution in [0.15, 0.2) is 41.0 Å². The topological polar surface area (TPSA) is 17.1 Å². The Morgan fingerprint density at radius 2 is 1.24 bits per heavy atom. The molecule has 0 N–H and O–H groups in total. The second-order valence-electron chi connectivity index (χ2n) is 12.6. The molecule has 0 radical (unpaired) electrons. The molecule has 0 saturated heterocycles. The van der Waals surface area contributed by atoms with E-state index in [0.717, 1.165) is 5.57 Å². The number of allylic oxidation sites excluding steroid dienone is 6. The average Bonchev–Trinajstić information content (AvgIpc) is 3.04. The van der Waals surface area contributed by atoms with Crippen LogP contribution >= 0.6 is 0 Å². The highest BCUT2D eigenvalue weighted by Gasteiger charge is 2.50. The van der Waals surface area contributed by atoms with E-state index in [1.54, 1.807) is 0 Å². The molecule has 0 spiro atoms. The molecule has 1 unspecified atom stereocenters. The fourth-order valence-electron chi connectivity index (χ4n) is 5.90. The molecule has 0 aromatic heterocycles. The van der Waals surface area contributed by atoms with Gasteiger partial charge < -0.3 is 0 Å². The van der Waals surface area contributed by atoms with E-state index in [0.29, 0.717) is 47.7 Å². The third-order valence-electron chi connectivity index (χ3n) is 8.18. The number of rotatable bonds is 7. The summed E-state index contributed by atoms with van der Waals surface area (Å²) in [5.41, 5.74) is 10.2. The maximum absolute atomic E-state index is 14.1. The van der Waals surface area contributed by atoms with Crippen LogP contribution in [0.25, 0.3) is 5.57 Å². The lowest BCUT2D eigenvalue weighted by Gasteiger charge is -2.40. The van der Waals surface area contributed by atoms with Crippen molar-refractivity contribution in [1.82, 2.24) is 0 Å². The Balaban J connectivity index is 2.52. The summed E-state index contributed by atoms with van der Waals surface area (Å²) in [6.07, 6.45) is 5.48. The molecule has 0 bridgehead atoms. The molecule has 0 amide bonds. The number of hydrogen-bond acceptors (Lipinski definition) is 1. The zero-order valence-electron chi connectivity index (χ0n) is 23.9. The van der Waals surface area contributed by atoms with E-state index in [1.165, 1.54) is 39.0 Å². The van der Waals surface area contributed by atoms with Gasteiger partial charge in [-0.2, -0.15) is 0 Å². The van der Waals surface area contributed by atoms with Crippen LogP contribution in [0.1, 0.15) is 130 Å². The molecule has 2 aliphatic carbocycles. The Kier molecular flexibility index (Phi) is 7.57. The Labute approximate surface area is 209 Å². The minimum Gasteiger partial charge on any atom is -0.294 e. The van der Waals surface area contributed by atoms with Gasteiger partial charge in [0.05, 0.1) is 0 Å². The number of ketones is 1. The fraction of sp³-hybridized carbons (Fsp3) is 0.606. The molecule has 1 atom stereocenters. The quantitative estimate of drug-likeness (QED) is 0.396. The monoisotopic (exact) mass is 460 g/mol. The zero-order chi connectivity index (χ0) is 25.7. The van der Waals surface area contributed by atoms with E-state index < -0.39 is 0 Å².